The monoisotopic (exact) mass is 769 g/mol. The molecule has 0 unspecified atom stereocenters. The van der Waals surface area contributed by atoms with Gasteiger partial charge in [0, 0.05) is 32.7 Å². The van der Waals surface area contributed by atoms with Crippen LogP contribution in [-0.4, -0.2) is 142 Å². The number of aliphatic carboxylic acids is 4. The van der Waals surface area contributed by atoms with Crippen molar-refractivity contribution in [3.63, 3.8) is 0 Å². The van der Waals surface area contributed by atoms with E-state index in [0.29, 0.717) is 16.7 Å². The fourth-order valence-corrected chi connectivity index (χ4v) is 4.89. The smallest absolute Gasteiger partial charge is 0.416 e. The number of carbonyl (C=O) groups excluding carboxylic acids is 3. The molecule has 0 spiro atoms. The number of hydrogen-bond acceptors (Lipinski definition) is 11. The number of nitrogens with two attached hydrogens (primary N) is 1. The maximum atomic E-state index is 12.9. The zero-order valence-electron chi connectivity index (χ0n) is 28.9. The Hall–Kier alpha value is -5.64. The van der Waals surface area contributed by atoms with E-state index < -0.39 is 85.6 Å². The number of carboxylic acids is 4. The van der Waals surface area contributed by atoms with Crippen LogP contribution >= 0.6 is 0 Å². The van der Waals surface area contributed by atoms with Crippen molar-refractivity contribution < 1.29 is 67.2 Å². The molecular weight excluding hydrogens is 727 g/mol. The van der Waals surface area contributed by atoms with E-state index in [2.05, 4.69) is 16.2 Å². The summed E-state index contributed by atoms with van der Waals surface area (Å²) in [6, 6.07) is 9.47. The second-order valence-electron chi connectivity index (χ2n) is 12.1. The summed E-state index contributed by atoms with van der Waals surface area (Å²) < 4.78 is 38.3. The molecule has 0 fully saturated rings. The Bertz CT molecular complexity index is 1540. The Morgan fingerprint density at radius 3 is 1.46 bits per heavy atom. The Labute approximate surface area is 306 Å². The van der Waals surface area contributed by atoms with Crippen LogP contribution in [0.2, 0.25) is 0 Å². The van der Waals surface area contributed by atoms with Gasteiger partial charge in [-0.3, -0.25) is 59.1 Å². The number of carboxylic acid groups (broad SMARTS) is 4. The largest absolute Gasteiger partial charge is 0.480 e. The predicted molar refractivity (Wildman–Crippen MR) is 181 cm³/mol. The van der Waals surface area contributed by atoms with Gasteiger partial charge in [-0.15, -0.1) is 0 Å². The van der Waals surface area contributed by atoms with Gasteiger partial charge in [-0.25, -0.2) is 0 Å². The van der Waals surface area contributed by atoms with Gasteiger partial charge in [-0.05, 0) is 35.2 Å². The molecule has 0 saturated heterocycles. The second-order valence-corrected chi connectivity index (χ2v) is 12.1. The van der Waals surface area contributed by atoms with Crippen LogP contribution in [0.1, 0.15) is 22.3 Å². The number of hydrazine groups is 1. The summed E-state index contributed by atoms with van der Waals surface area (Å²) in [4.78, 5) is 86.1. The van der Waals surface area contributed by atoms with Gasteiger partial charge < -0.3 is 31.5 Å². The molecule has 2 rings (SSSR count). The van der Waals surface area contributed by atoms with Crippen molar-refractivity contribution in [3.05, 3.63) is 70.8 Å². The van der Waals surface area contributed by atoms with Crippen molar-refractivity contribution in [2.75, 3.05) is 58.9 Å². The highest BCUT2D eigenvalue weighted by Gasteiger charge is 2.30. The molecular formula is C33H42F3N7O11. The van der Waals surface area contributed by atoms with Crippen molar-refractivity contribution in [1.29, 1.82) is 0 Å². The average Bonchev–Trinajstić information content (AvgIpc) is 3.06. The van der Waals surface area contributed by atoms with Gasteiger partial charge in [0.05, 0.1) is 50.7 Å². The van der Waals surface area contributed by atoms with Crippen LogP contribution in [0.5, 0.6) is 0 Å². The Morgan fingerprint density at radius 1 is 0.593 bits per heavy atom. The van der Waals surface area contributed by atoms with Gasteiger partial charge in [0.25, 0.3) is 5.91 Å². The molecule has 296 valence electrons. The van der Waals surface area contributed by atoms with E-state index in [4.69, 9.17) is 26.2 Å². The number of rotatable bonds is 23. The summed E-state index contributed by atoms with van der Waals surface area (Å²) >= 11 is 0. The van der Waals surface area contributed by atoms with E-state index in [9.17, 15) is 46.7 Å². The minimum absolute atomic E-state index is 0.00966. The molecule has 0 bridgehead atoms. The first-order valence-corrected chi connectivity index (χ1v) is 16.2. The number of nitrogens with zero attached hydrogens (tertiary/aromatic N) is 3. The molecule has 2 aromatic carbocycles. The quantitative estimate of drug-likeness (QED) is 0.0619. The van der Waals surface area contributed by atoms with E-state index in [1.165, 1.54) is 17.0 Å². The van der Waals surface area contributed by atoms with Gasteiger partial charge >= 0.3 is 30.1 Å². The molecule has 0 aliphatic carbocycles. The van der Waals surface area contributed by atoms with Crippen LogP contribution in [0.4, 0.5) is 13.2 Å². The maximum Gasteiger partial charge on any atom is 0.416 e. The lowest BCUT2D eigenvalue weighted by molar-refractivity contribution is -0.143. The Balaban J connectivity index is 1.90. The number of hydrogen-bond donors (Lipinski definition) is 8. The van der Waals surface area contributed by atoms with Crippen LogP contribution in [-0.2, 0) is 59.1 Å². The number of halogens is 3. The molecule has 0 radical (unpaired) electrons. The highest BCUT2D eigenvalue weighted by atomic mass is 19.4. The predicted octanol–water partition coefficient (Wildman–Crippen LogP) is -1.17. The maximum absolute atomic E-state index is 12.9. The summed E-state index contributed by atoms with van der Waals surface area (Å²) in [7, 11) is 0. The van der Waals surface area contributed by atoms with Crippen LogP contribution in [0.3, 0.4) is 0 Å². The lowest BCUT2D eigenvalue weighted by Gasteiger charge is -2.28. The Kier molecular flexibility index (Phi) is 18.0. The first-order chi connectivity index (χ1) is 25.3. The van der Waals surface area contributed by atoms with E-state index >= 15 is 0 Å². The van der Waals surface area contributed by atoms with Gasteiger partial charge in [0.1, 0.15) is 0 Å². The molecule has 1 atom stereocenters. The van der Waals surface area contributed by atoms with Crippen molar-refractivity contribution >= 4 is 41.6 Å². The third kappa shape index (κ3) is 18.2. The molecule has 18 nitrogen and oxygen atoms in total. The average molecular weight is 770 g/mol. The van der Waals surface area contributed by atoms with Crippen molar-refractivity contribution in [1.82, 2.24) is 30.9 Å². The SMILES string of the molecule is N[C@H](Cc1ccc(C(F)(F)F)cc1)C(=O)NNC(=O)Cc1ccc(CNC(=O)CN(CCN(CC(=O)O)CC(=O)O)CCN(CC(=O)O)CC(=O)O)cc1. The standard InChI is InChI=1S/C33H42F3N7O11/c34-33(35,36)24-7-5-21(6-8-24)13-25(37)32(54)40-39-26(44)14-22-1-3-23(4-2-22)15-38-27(45)16-41(9-11-42(17-28(46)47)18-29(48)49)10-12-43(19-30(50)51)20-31(52)53/h1-8,25H,9-20,37H2,(H,38,45)(H,39,44)(H,40,54)(H,46,47)(H,48,49)(H,50,51)(H,52,53)/t25-/m1/s1. The van der Waals surface area contributed by atoms with Crippen molar-refractivity contribution in [2.24, 2.45) is 5.73 Å². The van der Waals surface area contributed by atoms with Crippen LogP contribution in [0.25, 0.3) is 0 Å². The van der Waals surface area contributed by atoms with E-state index in [0.717, 1.165) is 21.9 Å². The number of benzene rings is 2. The molecule has 9 N–H and O–H groups in total. The van der Waals surface area contributed by atoms with Gasteiger partial charge in [0.2, 0.25) is 11.8 Å². The van der Waals surface area contributed by atoms with Crippen molar-refractivity contribution in [2.45, 2.75) is 31.6 Å². The molecule has 2 aromatic rings. The molecule has 21 heteroatoms. The number of carbonyl (C=O) groups is 7. The summed E-state index contributed by atoms with van der Waals surface area (Å²) in [6.45, 7) is -2.79. The van der Waals surface area contributed by atoms with Gasteiger partial charge in [0.15, 0.2) is 0 Å². The lowest BCUT2D eigenvalue weighted by atomic mass is 10.0. The lowest BCUT2D eigenvalue weighted by Crippen LogP contribution is -2.50. The zero-order valence-corrected chi connectivity index (χ0v) is 28.9. The van der Waals surface area contributed by atoms with Crippen LogP contribution in [0, 0.1) is 0 Å². The minimum atomic E-state index is -4.50. The highest BCUT2D eigenvalue weighted by Crippen LogP contribution is 2.29. The third-order valence-electron chi connectivity index (χ3n) is 7.54. The first kappa shape index (κ1) is 44.5. The molecule has 0 saturated carbocycles. The topological polar surface area (TPSA) is 272 Å². The fourth-order valence-electron chi connectivity index (χ4n) is 4.89. The molecule has 3 amide bonds. The summed E-state index contributed by atoms with van der Waals surface area (Å²) in [5, 5.41) is 39.2. The van der Waals surface area contributed by atoms with Crippen LogP contribution < -0.4 is 21.9 Å². The summed E-state index contributed by atoms with van der Waals surface area (Å²) in [5.74, 6) is -6.95. The Morgan fingerprint density at radius 2 is 1.02 bits per heavy atom. The van der Waals surface area contributed by atoms with E-state index in [1.54, 1.807) is 24.3 Å². The summed E-state index contributed by atoms with van der Waals surface area (Å²) in [6.07, 6.45) is -4.74. The van der Waals surface area contributed by atoms with Gasteiger partial charge in [-0.1, -0.05) is 36.4 Å². The van der Waals surface area contributed by atoms with Gasteiger partial charge in [-0.2, -0.15) is 13.2 Å². The minimum Gasteiger partial charge on any atom is -0.480 e. The number of amides is 3. The number of alkyl halides is 3. The second kappa shape index (κ2) is 21.8. The number of nitrogens with one attached hydrogen (secondary N) is 3. The molecule has 54 heavy (non-hydrogen) atoms. The molecule has 0 aliphatic heterocycles. The third-order valence-corrected chi connectivity index (χ3v) is 7.54. The highest BCUT2D eigenvalue weighted by molar-refractivity contribution is 5.86. The summed E-state index contributed by atoms with van der Waals surface area (Å²) in [5.41, 5.74) is 10.9. The van der Waals surface area contributed by atoms with E-state index in [1.807, 2.05) is 0 Å². The first-order valence-electron chi connectivity index (χ1n) is 16.2. The van der Waals surface area contributed by atoms with Crippen molar-refractivity contribution in [3.8, 4) is 0 Å². The van der Waals surface area contributed by atoms with E-state index in [-0.39, 0.29) is 52.1 Å². The molecule has 0 heterocycles. The normalized spacial score (nSPS) is 12.0. The molecule has 0 aromatic heterocycles. The zero-order chi connectivity index (χ0) is 40.4. The molecule has 0 aliphatic rings. The van der Waals surface area contributed by atoms with Crippen LogP contribution in [0.15, 0.2) is 48.5 Å². The fraction of sp³-hybridized carbons (Fsp3) is 0.424.